The largest absolute Gasteiger partial charge is 0.361 e. The zero-order valence-electron chi connectivity index (χ0n) is 12.6. The van der Waals surface area contributed by atoms with Gasteiger partial charge in [0.25, 0.3) is 0 Å². The summed E-state index contributed by atoms with van der Waals surface area (Å²) in [6.45, 7) is 4.19. The molecule has 1 aromatic heterocycles. The molecule has 0 bridgehead atoms. The van der Waals surface area contributed by atoms with Crippen molar-refractivity contribution in [1.82, 2.24) is 14.8 Å². The highest BCUT2D eigenvalue weighted by Gasteiger charge is 2.15. The number of amides is 1. The number of H-pyrrole nitrogens is 1. The van der Waals surface area contributed by atoms with E-state index in [0.717, 1.165) is 29.6 Å². The number of aromatic nitrogens is 1. The minimum atomic E-state index is 0.193. The predicted octanol–water partition coefficient (Wildman–Crippen LogP) is 2.26. The van der Waals surface area contributed by atoms with Crippen LogP contribution in [0.15, 0.2) is 30.5 Å². The quantitative estimate of drug-likeness (QED) is 0.915. The van der Waals surface area contributed by atoms with Crippen LogP contribution in [0, 0.1) is 0 Å². The van der Waals surface area contributed by atoms with E-state index in [0.29, 0.717) is 6.42 Å². The Bertz CT molecular complexity index is 613. The Labute approximate surface area is 125 Å². The summed E-state index contributed by atoms with van der Waals surface area (Å²) in [6, 6.07) is 8.13. The van der Waals surface area contributed by atoms with Gasteiger partial charge in [-0.05, 0) is 37.6 Å². The molecule has 21 heavy (non-hydrogen) atoms. The number of carbonyl (C=O) groups excluding carboxylic acids is 1. The molecule has 1 aliphatic rings. The van der Waals surface area contributed by atoms with Gasteiger partial charge in [0.15, 0.2) is 0 Å². The summed E-state index contributed by atoms with van der Waals surface area (Å²) in [7, 11) is 1.91. The molecule has 1 N–H and O–H groups in total. The Balaban J connectivity index is 1.57. The third-order valence-electron chi connectivity index (χ3n) is 4.39. The molecule has 1 aliphatic heterocycles. The van der Waals surface area contributed by atoms with E-state index < -0.39 is 0 Å². The highest BCUT2D eigenvalue weighted by Crippen LogP contribution is 2.18. The van der Waals surface area contributed by atoms with Gasteiger partial charge in [-0.25, -0.2) is 0 Å². The standard InChI is InChI=1S/C17H23N3O/c1-19(10-11-20-8-4-5-9-20)17(21)12-14-13-18-16-7-3-2-6-15(14)16/h2-3,6-7,13,18H,4-5,8-12H2,1H3. The third kappa shape index (κ3) is 3.27. The predicted molar refractivity (Wildman–Crippen MR) is 85.3 cm³/mol. The van der Waals surface area contributed by atoms with Crippen molar-refractivity contribution in [2.24, 2.45) is 0 Å². The van der Waals surface area contributed by atoms with E-state index in [1.807, 2.05) is 36.3 Å². The fraction of sp³-hybridized carbons (Fsp3) is 0.471. The molecular weight excluding hydrogens is 262 g/mol. The van der Waals surface area contributed by atoms with E-state index in [1.165, 1.54) is 25.9 Å². The molecule has 3 rings (SSSR count). The highest BCUT2D eigenvalue weighted by molar-refractivity contribution is 5.88. The summed E-state index contributed by atoms with van der Waals surface area (Å²) >= 11 is 0. The monoisotopic (exact) mass is 285 g/mol. The van der Waals surface area contributed by atoms with Crippen molar-refractivity contribution in [3.8, 4) is 0 Å². The van der Waals surface area contributed by atoms with Crippen LogP contribution in [0.2, 0.25) is 0 Å². The highest BCUT2D eigenvalue weighted by atomic mass is 16.2. The molecule has 0 atom stereocenters. The Morgan fingerprint density at radius 3 is 2.86 bits per heavy atom. The summed E-state index contributed by atoms with van der Waals surface area (Å²) in [5.74, 6) is 0.193. The Hall–Kier alpha value is -1.81. The van der Waals surface area contributed by atoms with Crippen LogP contribution in [0.3, 0.4) is 0 Å². The Morgan fingerprint density at radius 1 is 1.29 bits per heavy atom. The average molecular weight is 285 g/mol. The second-order valence-electron chi connectivity index (χ2n) is 5.90. The molecule has 4 heteroatoms. The zero-order valence-corrected chi connectivity index (χ0v) is 12.6. The van der Waals surface area contributed by atoms with E-state index in [-0.39, 0.29) is 5.91 Å². The van der Waals surface area contributed by atoms with Gasteiger partial charge >= 0.3 is 0 Å². The van der Waals surface area contributed by atoms with Crippen LogP contribution in [-0.4, -0.2) is 53.9 Å². The second kappa shape index (κ2) is 6.31. The molecular formula is C17H23N3O. The number of likely N-dealkylation sites (tertiary alicyclic amines) is 1. The summed E-state index contributed by atoms with van der Waals surface area (Å²) in [6.07, 6.45) is 5.03. The maximum absolute atomic E-state index is 12.4. The topological polar surface area (TPSA) is 39.3 Å². The summed E-state index contributed by atoms with van der Waals surface area (Å²) in [5.41, 5.74) is 2.18. The zero-order chi connectivity index (χ0) is 14.7. The van der Waals surface area contributed by atoms with Crippen LogP contribution in [0.5, 0.6) is 0 Å². The van der Waals surface area contributed by atoms with Crippen LogP contribution in [0.4, 0.5) is 0 Å². The lowest BCUT2D eigenvalue weighted by molar-refractivity contribution is -0.129. The number of para-hydroxylation sites is 1. The number of rotatable bonds is 5. The smallest absolute Gasteiger partial charge is 0.226 e. The van der Waals surface area contributed by atoms with Crippen molar-refractivity contribution in [1.29, 1.82) is 0 Å². The number of benzene rings is 1. The van der Waals surface area contributed by atoms with Crippen molar-refractivity contribution < 1.29 is 4.79 Å². The lowest BCUT2D eigenvalue weighted by atomic mass is 10.1. The molecule has 1 aromatic carbocycles. The van der Waals surface area contributed by atoms with Gasteiger partial charge in [0.2, 0.25) is 5.91 Å². The summed E-state index contributed by atoms with van der Waals surface area (Å²) in [4.78, 5) is 19.9. The van der Waals surface area contributed by atoms with Crippen molar-refractivity contribution in [3.05, 3.63) is 36.0 Å². The first-order chi connectivity index (χ1) is 10.2. The minimum absolute atomic E-state index is 0.193. The van der Waals surface area contributed by atoms with Crippen LogP contribution in [-0.2, 0) is 11.2 Å². The number of carbonyl (C=O) groups is 1. The van der Waals surface area contributed by atoms with E-state index in [9.17, 15) is 4.79 Å². The third-order valence-corrected chi connectivity index (χ3v) is 4.39. The van der Waals surface area contributed by atoms with Gasteiger partial charge in [0.05, 0.1) is 6.42 Å². The first-order valence-corrected chi connectivity index (χ1v) is 7.75. The molecule has 1 fully saturated rings. The maximum atomic E-state index is 12.4. The van der Waals surface area contributed by atoms with Crippen molar-refractivity contribution in [2.75, 3.05) is 33.2 Å². The number of nitrogens with zero attached hydrogens (tertiary/aromatic N) is 2. The molecule has 0 aliphatic carbocycles. The molecule has 1 amide bonds. The Kier molecular flexibility index (Phi) is 4.25. The number of aromatic amines is 1. The fourth-order valence-corrected chi connectivity index (χ4v) is 3.00. The lowest BCUT2D eigenvalue weighted by Gasteiger charge is -2.21. The number of hydrogen-bond donors (Lipinski definition) is 1. The first-order valence-electron chi connectivity index (χ1n) is 7.75. The van der Waals surface area contributed by atoms with Crippen LogP contribution in [0.1, 0.15) is 18.4 Å². The number of hydrogen-bond acceptors (Lipinski definition) is 2. The van der Waals surface area contributed by atoms with E-state index in [2.05, 4.69) is 16.0 Å². The number of likely N-dealkylation sites (N-methyl/N-ethyl adjacent to an activating group) is 1. The Morgan fingerprint density at radius 2 is 2.05 bits per heavy atom. The molecule has 0 radical (unpaired) electrons. The summed E-state index contributed by atoms with van der Waals surface area (Å²) in [5, 5.41) is 1.15. The van der Waals surface area contributed by atoms with Gasteiger partial charge in [-0.3, -0.25) is 4.79 Å². The minimum Gasteiger partial charge on any atom is -0.361 e. The molecule has 2 heterocycles. The van der Waals surface area contributed by atoms with Crippen molar-refractivity contribution >= 4 is 16.8 Å². The molecule has 112 valence electrons. The molecule has 0 spiro atoms. The molecule has 1 saturated heterocycles. The average Bonchev–Trinajstić information content (AvgIpc) is 3.15. The van der Waals surface area contributed by atoms with Crippen LogP contribution < -0.4 is 0 Å². The van der Waals surface area contributed by atoms with Gasteiger partial charge in [0.1, 0.15) is 0 Å². The van der Waals surface area contributed by atoms with E-state index >= 15 is 0 Å². The van der Waals surface area contributed by atoms with Gasteiger partial charge in [0, 0.05) is 37.2 Å². The SMILES string of the molecule is CN(CCN1CCCC1)C(=O)Cc1c[nH]c2ccccc12. The number of nitrogens with one attached hydrogen (secondary N) is 1. The van der Waals surface area contributed by atoms with Crippen LogP contribution in [0.25, 0.3) is 10.9 Å². The van der Waals surface area contributed by atoms with Gasteiger partial charge in [-0.1, -0.05) is 18.2 Å². The normalized spacial score (nSPS) is 15.7. The van der Waals surface area contributed by atoms with Crippen molar-refractivity contribution in [3.63, 3.8) is 0 Å². The van der Waals surface area contributed by atoms with Gasteiger partial charge < -0.3 is 14.8 Å². The maximum Gasteiger partial charge on any atom is 0.226 e. The molecule has 0 saturated carbocycles. The number of fused-ring (bicyclic) bond motifs is 1. The molecule has 4 nitrogen and oxygen atoms in total. The molecule has 2 aromatic rings. The second-order valence-corrected chi connectivity index (χ2v) is 5.90. The van der Waals surface area contributed by atoms with Crippen molar-refractivity contribution in [2.45, 2.75) is 19.3 Å². The first kappa shape index (κ1) is 14.1. The lowest BCUT2D eigenvalue weighted by Crippen LogP contribution is -2.35. The van der Waals surface area contributed by atoms with E-state index in [4.69, 9.17) is 0 Å². The fourth-order valence-electron chi connectivity index (χ4n) is 3.00. The summed E-state index contributed by atoms with van der Waals surface area (Å²) < 4.78 is 0. The molecule has 0 unspecified atom stereocenters. The van der Waals surface area contributed by atoms with Crippen LogP contribution >= 0.6 is 0 Å². The van der Waals surface area contributed by atoms with Gasteiger partial charge in [-0.15, -0.1) is 0 Å². The van der Waals surface area contributed by atoms with E-state index in [1.54, 1.807) is 0 Å². The van der Waals surface area contributed by atoms with Gasteiger partial charge in [-0.2, -0.15) is 0 Å².